The average Bonchev–Trinajstić information content (AvgIpc) is 2.99. The van der Waals surface area contributed by atoms with Gasteiger partial charge >= 0.3 is 0 Å². The molecule has 3 fully saturated rings. The maximum absolute atomic E-state index is 12.2. The number of para-hydroxylation sites is 1. The molecule has 5 atom stereocenters. The summed E-state index contributed by atoms with van der Waals surface area (Å²) in [7, 11) is 0. The number of piperidine rings is 3. The van der Waals surface area contributed by atoms with Crippen LogP contribution < -0.4 is 0 Å². The Morgan fingerprint density at radius 3 is 2.54 bits per heavy atom. The number of benzene rings is 5. The minimum atomic E-state index is -0.540. The number of pyridine rings is 1. The molecule has 192 valence electrons. The fourth-order valence-corrected chi connectivity index (χ4v) is 8.27. The van der Waals surface area contributed by atoms with Crippen LogP contribution in [0, 0.1) is 11.8 Å². The number of rotatable bonds is 5. The number of hydrogen-bond acceptors (Lipinski definition) is 2. The molecule has 0 saturated carbocycles. The van der Waals surface area contributed by atoms with Gasteiger partial charge in [0.25, 0.3) is 0 Å². The molecule has 1 aromatic heterocycles. The van der Waals surface area contributed by atoms with Crippen LogP contribution in [0.5, 0.6) is 0 Å². The third-order valence-electron chi connectivity index (χ3n) is 10.1. The Balaban J connectivity index is 1.30. The molecule has 1 N–H and O–H groups in total. The monoisotopic (exact) mass is 509 g/mol. The minimum Gasteiger partial charge on any atom is -0.382 e. The predicted molar refractivity (Wildman–Crippen MR) is 161 cm³/mol. The molecule has 4 heterocycles. The first-order chi connectivity index (χ1) is 19.1. The number of hydrogen-bond donors (Lipinski definition) is 1. The second-order valence-electron chi connectivity index (χ2n) is 12.0. The summed E-state index contributed by atoms with van der Waals surface area (Å²) in [4.78, 5) is 4.58. The van der Waals surface area contributed by atoms with Crippen molar-refractivity contribution < 1.29 is 9.59 Å². The van der Waals surface area contributed by atoms with Gasteiger partial charge in [0.15, 0.2) is 0 Å². The Morgan fingerprint density at radius 1 is 0.897 bits per heavy atom. The lowest BCUT2D eigenvalue weighted by molar-refractivity contribution is -0.984. The molecule has 0 spiro atoms. The van der Waals surface area contributed by atoms with Crippen molar-refractivity contribution in [2.75, 3.05) is 13.1 Å². The van der Waals surface area contributed by atoms with Crippen LogP contribution in [-0.4, -0.2) is 33.7 Å². The van der Waals surface area contributed by atoms with Gasteiger partial charge < -0.3 is 9.59 Å². The van der Waals surface area contributed by atoms with Crippen molar-refractivity contribution >= 4 is 43.2 Å². The standard InChI is InChI=1S/C36H33N2O/c1-2-23-21-38(18-16-26(23)20-33(38)36(39)31-15-17-37-32-12-4-3-10-30(31)32)22-28-19-27-9-5-7-24-13-14-25-8-6-11-29(28)35(25)34(24)27/h2-15,17,19,23,26,33,36,39H,1,16,18,20-22H2/q+1/t23-,26-,33+,36-,38-/m0/s1. The summed E-state index contributed by atoms with van der Waals surface area (Å²) in [5.41, 5.74) is 3.36. The van der Waals surface area contributed by atoms with E-state index in [1.807, 2.05) is 24.4 Å². The van der Waals surface area contributed by atoms with Crippen LogP contribution in [0.3, 0.4) is 0 Å². The Kier molecular flexibility index (Phi) is 5.10. The van der Waals surface area contributed by atoms with Gasteiger partial charge in [-0.1, -0.05) is 72.8 Å². The molecule has 39 heavy (non-hydrogen) atoms. The van der Waals surface area contributed by atoms with E-state index in [2.05, 4.69) is 84.4 Å². The molecule has 0 aliphatic carbocycles. The maximum Gasteiger partial charge on any atom is 0.131 e. The zero-order valence-corrected chi connectivity index (χ0v) is 22.1. The number of aromatic nitrogens is 1. The van der Waals surface area contributed by atoms with Gasteiger partial charge in [-0.25, -0.2) is 0 Å². The van der Waals surface area contributed by atoms with Crippen molar-refractivity contribution in [3.8, 4) is 0 Å². The first-order valence-electron chi connectivity index (χ1n) is 14.3. The molecule has 0 amide bonds. The molecule has 5 aromatic carbocycles. The van der Waals surface area contributed by atoms with Crippen LogP contribution in [0.15, 0.2) is 104 Å². The van der Waals surface area contributed by atoms with Gasteiger partial charge in [0.1, 0.15) is 18.7 Å². The van der Waals surface area contributed by atoms with Gasteiger partial charge in [0.05, 0.1) is 18.6 Å². The molecule has 6 aromatic rings. The summed E-state index contributed by atoms with van der Waals surface area (Å²) in [5, 5.41) is 21.3. The van der Waals surface area contributed by atoms with Gasteiger partial charge in [-0.3, -0.25) is 4.98 Å². The van der Waals surface area contributed by atoms with E-state index >= 15 is 0 Å². The quantitative estimate of drug-likeness (QED) is 0.146. The lowest BCUT2D eigenvalue weighted by atomic mass is 9.71. The predicted octanol–water partition coefficient (Wildman–Crippen LogP) is 7.78. The van der Waals surface area contributed by atoms with Crippen molar-refractivity contribution in [1.82, 2.24) is 4.98 Å². The Labute approximate surface area is 228 Å². The topological polar surface area (TPSA) is 33.1 Å². The molecule has 0 unspecified atom stereocenters. The molecular formula is C36H33N2O+. The second-order valence-corrected chi connectivity index (χ2v) is 12.0. The maximum atomic E-state index is 12.2. The first kappa shape index (κ1) is 23.1. The van der Waals surface area contributed by atoms with Gasteiger partial charge in [-0.2, -0.15) is 0 Å². The van der Waals surface area contributed by atoms with Crippen LogP contribution >= 0.6 is 0 Å². The lowest BCUT2D eigenvalue weighted by Gasteiger charge is -2.58. The average molecular weight is 510 g/mol. The third-order valence-corrected chi connectivity index (χ3v) is 10.1. The van der Waals surface area contributed by atoms with Gasteiger partial charge in [-0.05, 0) is 62.0 Å². The third kappa shape index (κ3) is 3.40. The zero-order chi connectivity index (χ0) is 26.1. The van der Waals surface area contributed by atoms with Gasteiger partial charge in [0.2, 0.25) is 0 Å². The number of aliphatic hydroxyl groups excluding tert-OH is 1. The summed E-state index contributed by atoms with van der Waals surface area (Å²) >= 11 is 0. The van der Waals surface area contributed by atoms with Gasteiger partial charge in [0, 0.05) is 35.9 Å². The molecule has 3 aliphatic heterocycles. The summed E-state index contributed by atoms with van der Waals surface area (Å²) in [6.07, 6.45) is 5.73. The molecule has 2 bridgehead atoms. The molecule has 3 heteroatoms. The highest BCUT2D eigenvalue weighted by Crippen LogP contribution is 2.49. The fourth-order valence-electron chi connectivity index (χ4n) is 8.27. The zero-order valence-electron chi connectivity index (χ0n) is 22.1. The van der Waals surface area contributed by atoms with Crippen LogP contribution in [0.25, 0.3) is 43.2 Å². The smallest absolute Gasteiger partial charge is 0.131 e. The largest absolute Gasteiger partial charge is 0.382 e. The summed E-state index contributed by atoms with van der Waals surface area (Å²) in [6.45, 7) is 7.30. The van der Waals surface area contributed by atoms with Crippen LogP contribution in [-0.2, 0) is 6.54 Å². The molecular weight excluding hydrogens is 476 g/mol. The molecule has 3 aliphatic rings. The highest BCUT2D eigenvalue weighted by molar-refractivity contribution is 6.23. The van der Waals surface area contributed by atoms with E-state index in [9.17, 15) is 5.11 Å². The van der Waals surface area contributed by atoms with Crippen molar-refractivity contribution in [3.05, 3.63) is 115 Å². The van der Waals surface area contributed by atoms with E-state index in [1.54, 1.807) is 0 Å². The van der Waals surface area contributed by atoms with E-state index < -0.39 is 6.10 Å². The van der Waals surface area contributed by atoms with Crippen LogP contribution in [0.2, 0.25) is 0 Å². The Hall–Kier alpha value is -3.79. The molecule has 3 nitrogen and oxygen atoms in total. The molecule has 0 radical (unpaired) electrons. The van der Waals surface area contributed by atoms with Crippen molar-refractivity contribution in [3.63, 3.8) is 0 Å². The van der Waals surface area contributed by atoms with E-state index in [4.69, 9.17) is 0 Å². The van der Waals surface area contributed by atoms with Crippen LogP contribution in [0.4, 0.5) is 0 Å². The number of quaternary nitrogens is 1. The van der Waals surface area contributed by atoms with Crippen molar-refractivity contribution in [2.45, 2.75) is 31.5 Å². The van der Waals surface area contributed by atoms with E-state index in [0.29, 0.717) is 11.8 Å². The Bertz CT molecular complexity index is 1870. The Morgan fingerprint density at radius 2 is 1.67 bits per heavy atom. The van der Waals surface area contributed by atoms with Crippen molar-refractivity contribution in [2.24, 2.45) is 11.8 Å². The van der Waals surface area contributed by atoms with Gasteiger partial charge in [-0.15, -0.1) is 6.58 Å². The molecule has 9 rings (SSSR count). The number of nitrogens with zero attached hydrogens (tertiary/aromatic N) is 2. The highest BCUT2D eigenvalue weighted by Gasteiger charge is 2.54. The fraction of sp³-hybridized carbons (Fsp3) is 0.250. The highest BCUT2D eigenvalue weighted by atomic mass is 16.3. The van der Waals surface area contributed by atoms with E-state index in [-0.39, 0.29) is 6.04 Å². The van der Waals surface area contributed by atoms with E-state index in [0.717, 1.165) is 47.0 Å². The molecule has 3 saturated heterocycles. The summed E-state index contributed by atoms with van der Waals surface area (Å²) in [6, 6.07) is 30.8. The normalized spacial score (nSPS) is 25.6. The minimum absolute atomic E-state index is 0.138. The van der Waals surface area contributed by atoms with Crippen LogP contribution in [0.1, 0.15) is 30.1 Å². The SMILES string of the molecule is C=C[C@H]1C[N@+]2(Cc3cc4cccc5ccc6cccc3c6c54)CC[C@H]1C[C@@H]2[C@@H](O)c1ccnc2ccccc12. The summed E-state index contributed by atoms with van der Waals surface area (Å²) < 4.78 is 0.908. The lowest BCUT2D eigenvalue weighted by Crippen LogP contribution is -2.67. The van der Waals surface area contributed by atoms with E-state index in [1.165, 1.54) is 44.3 Å². The first-order valence-corrected chi connectivity index (χ1v) is 14.3. The van der Waals surface area contributed by atoms with Crippen molar-refractivity contribution in [1.29, 1.82) is 0 Å². The second kappa shape index (κ2) is 8.61. The summed E-state index contributed by atoms with van der Waals surface area (Å²) in [5.74, 6) is 1.08. The number of aliphatic hydroxyl groups is 1. The number of fused-ring (bicyclic) bond motifs is 4.